The number of halogens is 2. The first-order chi connectivity index (χ1) is 8.66. The van der Waals surface area contributed by atoms with E-state index in [1.807, 2.05) is 0 Å². The van der Waals surface area contributed by atoms with Crippen LogP contribution in [-0.4, -0.2) is 22.4 Å². The van der Waals surface area contributed by atoms with E-state index in [-0.39, 0.29) is 17.0 Å². The minimum Gasteiger partial charge on any atom is -0.435 e. The summed E-state index contributed by atoms with van der Waals surface area (Å²) in [5, 5.41) is 0. The summed E-state index contributed by atoms with van der Waals surface area (Å²) in [6, 6.07) is 5.54. The Morgan fingerprint density at radius 2 is 2.11 bits per heavy atom. The third kappa shape index (κ3) is 2.85. The molecule has 0 aliphatic heterocycles. The summed E-state index contributed by atoms with van der Waals surface area (Å²) in [7, 11) is 0. The van der Waals surface area contributed by atoms with Crippen LogP contribution in [0.25, 0.3) is 0 Å². The zero-order valence-corrected chi connectivity index (χ0v) is 9.09. The highest BCUT2D eigenvalue weighted by atomic mass is 19.3. The zero-order valence-electron chi connectivity index (χ0n) is 9.09. The zero-order chi connectivity index (χ0) is 13.0. The molecule has 6 heteroatoms. The largest absolute Gasteiger partial charge is 0.435 e. The molecule has 0 saturated carbocycles. The molecule has 18 heavy (non-hydrogen) atoms. The van der Waals surface area contributed by atoms with Crippen LogP contribution in [0.2, 0.25) is 0 Å². The number of carbonyl (C=O) groups excluding carboxylic acids is 1. The van der Waals surface area contributed by atoms with Crippen LogP contribution in [0.5, 0.6) is 5.75 Å². The molecule has 4 nitrogen and oxygen atoms in total. The minimum absolute atomic E-state index is 0.0697. The van der Waals surface area contributed by atoms with Gasteiger partial charge < -0.3 is 4.74 Å². The summed E-state index contributed by atoms with van der Waals surface area (Å²) >= 11 is 0. The third-order valence-electron chi connectivity index (χ3n) is 2.12. The molecule has 0 aliphatic carbocycles. The van der Waals surface area contributed by atoms with Gasteiger partial charge in [-0.05, 0) is 12.1 Å². The molecule has 0 atom stereocenters. The van der Waals surface area contributed by atoms with Gasteiger partial charge in [-0.25, -0.2) is 4.98 Å². The van der Waals surface area contributed by atoms with Crippen molar-refractivity contribution in [1.82, 2.24) is 9.97 Å². The Morgan fingerprint density at radius 3 is 2.78 bits per heavy atom. The van der Waals surface area contributed by atoms with Gasteiger partial charge >= 0.3 is 6.61 Å². The second kappa shape index (κ2) is 5.31. The van der Waals surface area contributed by atoms with Crippen LogP contribution >= 0.6 is 0 Å². The molecular formula is C12H8F2N2O2. The van der Waals surface area contributed by atoms with Crippen molar-refractivity contribution in [2.24, 2.45) is 0 Å². The number of hydrogen-bond donors (Lipinski definition) is 0. The predicted octanol–water partition coefficient (Wildman–Crippen LogP) is 2.31. The van der Waals surface area contributed by atoms with E-state index in [0.29, 0.717) is 0 Å². The lowest BCUT2D eigenvalue weighted by Gasteiger charge is -2.05. The maximum absolute atomic E-state index is 12.0. The number of aromatic nitrogens is 2. The quantitative estimate of drug-likeness (QED) is 0.781. The molecule has 0 saturated heterocycles. The molecule has 2 rings (SSSR count). The van der Waals surface area contributed by atoms with Crippen LogP contribution in [-0.2, 0) is 0 Å². The lowest BCUT2D eigenvalue weighted by atomic mass is 10.1. The van der Waals surface area contributed by atoms with Gasteiger partial charge in [-0.15, -0.1) is 0 Å². The lowest BCUT2D eigenvalue weighted by Crippen LogP contribution is -2.06. The van der Waals surface area contributed by atoms with Crippen molar-refractivity contribution in [3.63, 3.8) is 0 Å². The molecule has 2 aromatic rings. The molecule has 1 heterocycles. The van der Waals surface area contributed by atoms with E-state index in [2.05, 4.69) is 14.7 Å². The van der Waals surface area contributed by atoms with Crippen LogP contribution in [0.15, 0.2) is 42.9 Å². The summed E-state index contributed by atoms with van der Waals surface area (Å²) in [4.78, 5) is 19.6. The van der Waals surface area contributed by atoms with E-state index in [0.717, 1.165) is 0 Å². The Morgan fingerprint density at radius 1 is 1.28 bits per heavy atom. The van der Waals surface area contributed by atoms with Crippen molar-refractivity contribution < 1.29 is 18.3 Å². The molecule has 0 N–H and O–H groups in total. The van der Waals surface area contributed by atoms with E-state index in [1.165, 1.54) is 42.9 Å². The molecular weight excluding hydrogens is 242 g/mol. The molecule has 1 aromatic carbocycles. The Kier molecular flexibility index (Phi) is 3.57. The van der Waals surface area contributed by atoms with Crippen molar-refractivity contribution in [3.05, 3.63) is 54.1 Å². The van der Waals surface area contributed by atoms with E-state index in [9.17, 15) is 13.6 Å². The highest BCUT2D eigenvalue weighted by Crippen LogP contribution is 2.17. The van der Waals surface area contributed by atoms with Gasteiger partial charge in [0.05, 0.1) is 6.20 Å². The monoisotopic (exact) mass is 250 g/mol. The van der Waals surface area contributed by atoms with E-state index < -0.39 is 12.4 Å². The maximum Gasteiger partial charge on any atom is 0.387 e. The number of ether oxygens (including phenoxy) is 1. The Labute approximate surface area is 101 Å². The first-order valence-corrected chi connectivity index (χ1v) is 5.02. The van der Waals surface area contributed by atoms with Gasteiger partial charge in [-0.1, -0.05) is 12.1 Å². The molecule has 0 aliphatic rings. The van der Waals surface area contributed by atoms with Crippen molar-refractivity contribution in [2.45, 2.75) is 6.61 Å². The standard InChI is InChI=1S/C12H8F2N2O2/c13-12(14)18-9-3-1-2-8(6-9)11(17)10-7-15-4-5-16-10/h1-7,12H. The second-order valence-corrected chi connectivity index (χ2v) is 3.33. The number of ketones is 1. The first kappa shape index (κ1) is 12.1. The van der Waals surface area contributed by atoms with Gasteiger partial charge in [0.1, 0.15) is 11.4 Å². The molecule has 0 unspecified atom stereocenters. The van der Waals surface area contributed by atoms with Crippen LogP contribution in [0.4, 0.5) is 8.78 Å². The lowest BCUT2D eigenvalue weighted by molar-refractivity contribution is -0.0498. The molecule has 0 radical (unpaired) electrons. The second-order valence-electron chi connectivity index (χ2n) is 3.33. The molecule has 0 bridgehead atoms. The average Bonchev–Trinajstić information content (AvgIpc) is 2.38. The summed E-state index contributed by atoms with van der Waals surface area (Å²) in [5.74, 6) is -0.470. The SMILES string of the molecule is O=C(c1cccc(OC(F)F)c1)c1cnccn1. The Hall–Kier alpha value is -2.37. The van der Waals surface area contributed by atoms with Gasteiger partial charge in [-0.2, -0.15) is 8.78 Å². The van der Waals surface area contributed by atoms with Crippen LogP contribution < -0.4 is 4.74 Å². The van der Waals surface area contributed by atoms with E-state index in [4.69, 9.17) is 0 Å². The summed E-state index contributed by atoms with van der Waals surface area (Å²) in [6.45, 7) is -2.92. The Bertz CT molecular complexity index is 547. The molecule has 1 aromatic heterocycles. The summed E-state index contributed by atoms with van der Waals surface area (Å²) in [6.07, 6.45) is 4.13. The van der Waals surface area contributed by atoms with E-state index in [1.54, 1.807) is 0 Å². The summed E-state index contributed by atoms with van der Waals surface area (Å²) in [5.41, 5.74) is 0.361. The average molecular weight is 250 g/mol. The highest BCUT2D eigenvalue weighted by molar-refractivity contribution is 6.07. The maximum atomic E-state index is 12.0. The number of carbonyl (C=O) groups is 1. The molecule has 92 valence electrons. The topological polar surface area (TPSA) is 52.1 Å². The summed E-state index contributed by atoms with van der Waals surface area (Å²) < 4.78 is 28.3. The van der Waals surface area contributed by atoms with Crippen molar-refractivity contribution in [3.8, 4) is 5.75 Å². The highest BCUT2D eigenvalue weighted by Gasteiger charge is 2.12. The molecule has 0 amide bonds. The van der Waals surface area contributed by atoms with Crippen LogP contribution in [0.1, 0.15) is 16.1 Å². The van der Waals surface area contributed by atoms with Crippen LogP contribution in [0, 0.1) is 0 Å². The van der Waals surface area contributed by atoms with Crippen molar-refractivity contribution in [1.29, 1.82) is 0 Å². The number of benzene rings is 1. The minimum atomic E-state index is -2.92. The Balaban J connectivity index is 2.26. The number of hydrogen-bond acceptors (Lipinski definition) is 4. The molecule has 0 fully saturated rings. The fourth-order valence-corrected chi connectivity index (χ4v) is 1.38. The third-order valence-corrected chi connectivity index (χ3v) is 2.12. The van der Waals surface area contributed by atoms with Gasteiger partial charge in [0.25, 0.3) is 0 Å². The first-order valence-electron chi connectivity index (χ1n) is 5.02. The van der Waals surface area contributed by atoms with Gasteiger partial charge in [-0.3, -0.25) is 9.78 Å². The van der Waals surface area contributed by atoms with E-state index >= 15 is 0 Å². The number of rotatable bonds is 4. The molecule has 0 spiro atoms. The van der Waals surface area contributed by atoms with Crippen molar-refractivity contribution >= 4 is 5.78 Å². The van der Waals surface area contributed by atoms with Crippen LogP contribution in [0.3, 0.4) is 0 Å². The van der Waals surface area contributed by atoms with Crippen molar-refractivity contribution in [2.75, 3.05) is 0 Å². The van der Waals surface area contributed by atoms with Gasteiger partial charge in [0.15, 0.2) is 0 Å². The number of nitrogens with zero attached hydrogens (tertiary/aromatic N) is 2. The van der Waals surface area contributed by atoms with Gasteiger partial charge in [0.2, 0.25) is 5.78 Å². The fraction of sp³-hybridized carbons (Fsp3) is 0.0833. The fourth-order valence-electron chi connectivity index (χ4n) is 1.38. The predicted molar refractivity (Wildman–Crippen MR) is 58.5 cm³/mol. The van der Waals surface area contributed by atoms with Gasteiger partial charge in [0, 0.05) is 18.0 Å². The normalized spacial score (nSPS) is 10.4. The smallest absolute Gasteiger partial charge is 0.387 e. The number of alkyl halides is 2.